The second-order valence-electron chi connectivity index (χ2n) is 7.71. The van der Waals surface area contributed by atoms with Gasteiger partial charge in [-0.15, -0.1) is 0 Å². The van der Waals surface area contributed by atoms with Crippen molar-refractivity contribution in [2.45, 2.75) is 19.3 Å². The predicted octanol–water partition coefficient (Wildman–Crippen LogP) is 0.442. The van der Waals surface area contributed by atoms with E-state index >= 15 is 0 Å². The van der Waals surface area contributed by atoms with E-state index in [-0.39, 0.29) is 37.5 Å². The largest absolute Gasteiger partial charge is 0.351 e. The summed E-state index contributed by atoms with van der Waals surface area (Å²) >= 11 is 0. The van der Waals surface area contributed by atoms with Crippen molar-refractivity contribution in [1.82, 2.24) is 25.4 Å². The van der Waals surface area contributed by atoms with Crippen molar-refractivity contribution in [1.29, 1.82) is 0 Å². The molecule has 30 heavy (non-hydrogen) atoms. The Hall–Kier alpha value is -3.36. The Morgan fingerprint density at radius 3 is 2.33 bits per heavy atom. The van der Waals surface area contributed by atoms with Crippen LogP contribution in [0.1, 0.15) is 29.8 Å². The molecular formula is C21H25N5O4. The lowest BCUT2D eigenvalue weighted by Gasteiger charge is -2.34. The Morgan fingerprint density at radius 1 is 0.967 bits per heavy atom. The first-order valence-electron chi connectivity index (χ1n) is 10.2. The minimum atomic E-state index is -0.751. The van der Waals surface area contributed by atoms with Crippen LogP contribution in [0.4, 0.5) is 0 Å². The number of rotatable bonds is 4. The molecule has 1 saturated carbocycles. The van der Waals surface area contributed by atoms with E-state index < -0.39 is 11.8 Å². The van der Waals surface area contributed by atoms with Crippen LogP contribution in [-0.4, -0.2) is 71.3 Å². The van der Waals surface area contributed by atoms with Gasteiger partial charge >= 0.3 is 11.8 Å². The van der Waals surface area contributed by atoms with Gasteiger partial charge < -0.3 is 25.4 Å². The van der Waals surface area contributed by atoms with E-state index in [1.54, 1.807) is 4.90 Å². The van der Waals surface area contributed by atoms with Gasteiger partial charge in [0.1, 0.15) is 5.69 Å². The molecule has 1 aromatic carbocycles. The standard InChI is InChI=1S/C21H25N5O4/c27-18(14-5-3-6-14)22-13-23-19(28)21(30)26-10-8-25(9-11-26)20(29)17-12-15-4-1-2-7-16(15)24-17/h1-2,4,7,12,14,24H,3,5-6,8-11,13H2,(H,22,27)(H,23,28). The van der Waals surface area contributed by atoms with Crippen molar-refractivity contribution >= 4 is 34.5 Å². The molecule has 4 amide bonds. The molecule has 3 N–H and O–H groups in total. The van der Waals surface area contributed by atoms with Crippen molar-refractivity contribution < 1.29 is 19.2 Å². The smallest absolute Gasteiger partial charge is 0.312 e. The number of nitrogens with zero attached hydrogens (tertiary/aromatic N) is 2. The summed E-state index contributed by atoms with van der Waals surface area (Å²) in [6.45, 7) is 1.22. The monoisotopic (exact) mass is 411 g/mol. The van der Waals surface area contributed by atoms with Crippen LogP contribution < -0.4 is 10.6 Å². The SMILES string of the molecule is O=C(NCNC(=O)C1CCC1)C(=O)N1CCN(C(=O)c2cc3ccccc3[nH]2)CC1. The topological polar surface area (TPSA) is 115 Å². The molecule has 2 heterocycles. The number of fused-ring (bicyclic) bond motifs is 1. The maximum absolute atomic E-state index is 12.7. The second kappa shape index (κ2) is 8.56. The normalized spacial score (nSPS) is 16.8. The highest BCUT2D eigenvalue weighted by atomic mass is 16.2. The summed E-state index contributed by atoms with van der Waals surface area (Å²) in [7, 11) is 0. The lowest BCUT2D eigenvalue weighted by molar-refractivity contribution is -0.147. The van der Waals surface area contributed by atoms with Crippen molar-refractivity contribution in [3.8, 4) is 0 Å². The van der Waals surface area contributed by atoms with Crippen LogP contribution in [0.25, 0.3) is 10.9 Å². The molecule has 0 bridgehead atoms. The minimum Gasteiger partial charge on any atom is -0.351 e. The van der Waals surface area contributed by atoms with E-state index in [0.717, 1.165) is 30.2 Å². The fraction of sp³-hybridized carbons (Fsp3) is 0.429. The van der Waals surface area contributed by atoms with Crippen LogP contribution in [0.5, 0.6) is 0 Å². The molecule has 158 valence electrons. The first-order valence-corrected chi connectivity index (χ1v) is 10.2. The summed E-state index contributed by atoms with van der Waals surface area (Å²) in [5.74, 6) is -1.58. The van der Waals surface area contributed by atoms with Gasteiger partial charge in [0.25, 0.3) is 5.91 Å². The van der Waals surface area contributed by atoms with Gasteiger partial charge in [0, 0.05) is 43.0 Å². The molecule has 2 aliphatic rings. The van der Waals surface area contributed by atoms with Gasteiger partial charge in [-0.25, -0.2) is 0 Å². The van der Waals surface area contributed by atoms with Gasteiger partial charge in [-0.3, -0.25) is 19.2 Å². The first kappa shape index (κ1) is 19.9. The van der Waals surface area contributed by atoms with Crippen molar-refractivity contribution in [2.75, 3.05) is 32.8 Å². The third kappa shape index (κ3) is 4.14. The number of carbonyl (C=O) groups is 4. The van der Waals surface area contributed by atoms with E-state index in [1.165, 1.54) is 4.90 Å². The van der Waals surface area contributed by atoms with Gasteiger partial charge in [-0.2, -0.15) is 0 Å². The number of hydrogen-bond acceptors (Lipinski definition) is 4. The van der Waals surface area contributed by atoms with E-state index in [1.807, 2.05) is 30.3 Å². The van der Waals surface area contributed by atoms with E-state index in [0.29, 0.717) is 18.8 Å². The molecule has 0 atom stereocenters. The number of benzene rings is 1. The van der Waals surface area contributed by atoms with Crippen LogP contribution in [0.2, 0.25) is 0 Å². The first-order chi connectivity index (χ1) is 14.5. The van der Waals surface area contributed by atoms with E-state index in [4.69, 9.17) is 0 Å². The molecule has 0 spiro atoms. The Labute approximate surface area is 173 Å². The maximum Gasteiger partial charge on any atom is 0.312 e. The fourth-order valence-electron chi connectivity index (χ4n) is 3.72. The third-order valence-corrected chi connectivity index (χ3v) is 5.80. The van der Waals surface area contributed by atoms with Crippen molar-refractivity contribution in [3.63, 3.8) is 0 Å². The van der Waals surface area contributed by atoms with Crippen LogP contribution in [0, 0.1) is 5.92 Å². The summed E-state index contributed by atoms with van der Waals surface area (Å²) in [6, 6.07) is 9.49. The second-order valence-corrected chi connectivity index (χ2v) is 7.71. The molecule has 1 aliphatic heterocycles. The number of para-hydroxylation sites is 1. The molecule has 9 heteroatoms. The lowest BCUT2D eigenvalue weighted by Crippen LogP contribution is -2.54. The number of hydrogen-bond donors (Lipinski definition) is 3. The maximum atomic E-state index is 12.7. The number of nitrogens with one attached hydrogen (secondary N) is 3. The molecule has 0 unspecified atom stereocenters. The number of carbonyl (C=O) groups excluding carboxylic acids is 4. The highest BCUT2D eigenvalue weighted by Gasteiger charge is 2.29. The summed E-state index contributed by atoms with van der Waals surface area (Å²) < 4.78 is 0. The molecule has 2 aromatic rings. The average Bonchev–Trinajstić information content (AvgIpc) is 3.15. The molecule has 9 nitrogen and oxygen atoms in total. The number of H-pyrrole nitrogens is 1. The van der Waals surface area contributed by atoms with Crippen LogP contribution in [-0.2, 0) is 14.4 Å². The Kier molecular flexibility index (Phi) is 5.69. The van der Waals surface area contributed by atoms with Crippen molar-refractivity contribution in [2.24, 2.45) is 5.92 Å². The minimum absolute atomic E-state index is 0.0282. The van der Waals surface area contributed by atoms with E-state index in [9.17, 15) is 19.2 Å². The predicted molar refractivity (Wildman–Crippen MR) is 109 cm³/mol. The molecule has 1 aliphatic carbocycles. The quantitative estimate of drug-likeness (QED) is 0.500. The summed E-state index contributed by atoms with van der Waals surface area (Å²) in [5.41, 5.74) is 1.41. The molecule has 2 fully saturated rings. The highest BCUT2D eigenvalue weighted by molar-refractivity contribution is 6.35. The molecule has 1 aromatic heterocycles. The Balaban J connectivity index is 1.24. The zero-order valence-electron chi connectivity index (χ0n) is 16.6. The van der Waals surface area contributed by atoms with E-state index in [2.05, 4.69) is 15.6 Å². The number of aromatic amines is 1. The lowest BCUT2D eigenvalue weighted by atomic mass is 9.85. The van der Waals surface area contributed by atoms with Gasteiger partial charge in [0.15, 0.2) is 0 Å². The zero-order chi connectivity index (χ0) is 21.1. The number of aromatic nitrogens is 1. The van der Waals surface area contributed by atoms with Gasteiger partial charge in [-0.1, -0.05) is 24.6 Å². The molecular weight excluding hydrogens is 386 g/mol. The average molecular weight is 411 g/mol. The van der Waals surface area contributed by atoms with Crippen molar-refractivity contribution in [3.05, 3.63) is 36.0 Å². The fourth-order valence-corrected chi connectivity index (χ4v) is 3.72. The van der Waals surface area contributed by atoms with Gasteiger partial charge in [0.05, 0.1) is 6.67 Å². The number of amides is 4. The summed E-state index contributed by atoms with van der Waals surface area (Å²) in [5, 5.41) is 6.04. The Morgan fingerprint density at radius 2 is 1.67 bits per heavy atom. The summed E-state index contributed by atoms with van der Waals surface area (Å²) in [6.07, 6.45) is 2.80. The number of piperazine rings is 1. The zero-order valence-corrected chi connectivity index (χ0v) is 16.6. The van der Waals surface area contributed by atoms with Gasteiger partial charge in [-0.05, 0) is 25.0 Å². The van der Waals surface area contributed by atoms with Crippen LogP contribution in [0.15, 0.2) is 30.3 Å². The molecule has 0 radical (unpaired) electrons. The van der Waals surface area contributed by atoms with Gasteiger partial charge in [0.2, 0.25) is 5.91 Å². The van der Waals surface area contributed by atoms with Crippen LogP contribution >= 0.6 is 0 Å². The Bertz CT molecular complexity index is 940. The van der Waals surface area contributed by atoms with Crippen LogP contribution in [0.3, 0.4) is 0 Å². The highest BCUT2D eigenvalue weighted by Crippen LogP contribution is 2.25. The third-order valence-electron chi connectivity index (χ3n) is 5.80. The molecule has 4 rings (SSSR count). The molecule has 1 saturated heterocycles. The summed E-state index contributed by atoms with van der Waals surface area (Å²) in [4.78, 5) is 55.1.